The molecule has 0 rings (SSSR count). The van der Waals surface area contributed by atoms with Crippen molar-refractivity contribution in [3.05, 3.63) is 0 Å². The van der Waals surface area contributed by atoms with E-state index in [0.717, 1.165) is 0 Å². The highest BCUT2D eigenvalue weighted by Crippen LogP contribution is 0.846. The molecular formula is H2O2S2. The molecule has 0 radical (unpaired) electrons. The van der Waals surface area contributed by atoms with Crippen molar-refractivity contribution in [1.82, 2.24) is 0 Å². The Labute approximate surface area is 34.3 Å². The molecular weight excluding hydrogens is 96.1 g/mol. The van der Waals surface area contributed by atoms with Crippen molar-refractivity contribution in [1.29, 1.82) is 0 Å². The lowest BCUT2D eigenvalue weighted by atomic mass is 15.9. The second-order valence-corrected chi connectivity index (χ2v) is 0.204. The Morgan fingerprint density at radius 3 is 1.25 bits per heavy atom. The topological polar surface area (TPSA) is 34.1 Å². The molecule has 26 valence electrons. The van der Waals surface area contributed by atoms with Gasteiger partial charge in [0.05, 0.1) is 0 Å². The molecule has 0 aliphatic rings. The summed E-state index contributed by atoms with van der Waals surface area (Å²) in [7, 11) is 0. The molecule has 0 saturated heterocycles. The lowest BCUT2D eigenvalue weighted by Gasteiger charge is -0.947. The molecule has 0 spiro atoms. The van der Waals surface area contributed by atoms with Crippen molar-refractivity contribution in [2.24, 2.45) is 0 Å². The highest BCUT2D eigenvalue weighted by atomic mass is 32.1. The molecule has 0 heterocycles. The second kappa shape index (κ2) is 10.9. The van der Waals surface area contributed by atoms with Crippen LogP contribution < -0.4 is 0 Å². The van der Waals surface area contributed by atoms with Crippen molar-refractivity contribution in [3.8, 4) is 0 Å². The summed E-state index contributed by atoms with van der Waals surface area (Å²) < 4.78 is 16.6. The summed E-state index contributed by atoms with van der Waals surface area (Å²) in [6.07, 6.45) is 0. The van der Waals surface area contributed by atoms with E-state index >= 15 is 0 Å². The van der Waals surface area contributed by atoms with E-state index in [0.29, 0.717) is 0 Å². The molecule has 0 aromatic carbocycles. The van der Waals surface area contributed by atoms with Gasteiger partial charge in [-0.25, -0.2) is 0 Å². The normalized spacial score (nSPS) is 3.00. The van der Waals surface area contributed by atoms with Crippen molar-refractivity contribution >= 4 is 25.1 Å². The molecule has 0 bridgehead atoms. The zero-order valence-electron chi connectivity index (χ0n) is 1.72. The van der Waals surface area contributed by atoms with Gasteiger partial charge in [0, 0.05) is 0 Å². The van der Waals surface area contributed by atoms with Crippen LogP contribution in [0.25, 0.3) is 0 Å². The summed E-state index contributed by atoms with van der Waals surface area (Å²) in [6.45, 7) is 0. The van der Waals surface area contributed by atoms with Gasteiger partial charge in [-0.1, -0.05) is 0 Å². The third-order valence-electron chi connectivity index (χ3n) is 0. The van der Waals surface area contributed by atoms with Gasteiger partial charge in [0.15, 0.2) is 0 Å². The van der Waals surface area contributed by atoms with Crippen LogP contribution in [-0.2, 0) is 11.6 Å². The van der Waals surface area contributed by atoms with Gasteiger partial charge in [0.1, 0.15) is 0 Å². The van der Waals surface area contributed by atoms with Crippen LogP contribution in [0.2, 0.25) is 0 Å². The fourth-order valence-corrected chi connectivity index (χ4v) is 0. The molecule has 0 aromatic rings. The maximum atomic E-state index is 8.29. The third kappa shape index (κ3) is 103. The van der Waals surface area contributed by atoms with Crippen LogP contribution in [0, 0.1) is 0 Å². The predicted molar refractivity (Wildman–Crippen MR) is 19.3 cm³/mol. The Hall–Kier alpha value is 0.170. The maximum absolute atomic E-state index is 8.29. The molecule has 0 unspecified atom stereocenters. The minimum absolute atomic E-state index is 0. The minimum atomic E-state index is -0.750. The highest BCUT2D eigenvalue weighted by Gasteiger charge is 1.12. The molecule has 0 aromatic heterocycles. The fraction of sp³-hybridized carbons (Fsp3) is 0. The van der Waals surface area contributed by atoms with E-state index in [1.54, 1.807) is 0 Å². The van der Waals surface area contributed by atoms with Gasteiger partial charge in [-0.3, -0.25) is 0 Å². The summed E-state index contributed by atoms with van der Waals surface area (Å²) in [6, 6.07) is 0. The molecule has 0 aliphatic carbocycles. The fourth-order valence-electron chi connectivity index (χ4n) is 0. The van der Waals surface area contributed by atoms with E-state index in [-0.39, 0.29) is 13.5 Å². The van der Waals surface area contributed by atoms with Gasteiger partial charge in [-0.05, 0) is 0 Å². The van der Waals surface area contributed by atoms with E-state index in [4.69, 9.17) is 8.42 Å². The first-order valence-electron chi connectivity index (χ1n) is 0.333. The third-order valence-corrected chi connectivity index (χ3v) is 0. The standard InChI is InChI=1S/O2S.H2S/c1-3-2;/h;1H2. The first kappa shape index (κ1) is 8.90. The molecule has 4 heteroatoms. The van der Waals surface area contributed by atoms with E-state index in [1.807, 2.05) is 0 Å². The van der Waals surface area contributed by atoms with E-state index in [9.17, 15) is 0 Å². The van der Waals surface area contributed by atoms with Crippen LogP contribution in [0.1, 0.15) is 0 Å². The SMILES string of the molecule is O=S=O.S. The van der Waals surface area contributed by atoms with Crippen LogP contribution in [0.4, 0.5) is 0 Å². The average molecular weight is 98.1 g/mol. The van der Waals surface area contributed by atoms with Gasteiger partial charge in [0.2, 0.25) is 0 Å². The molecule has 0 aliphatic heterocycles. The quantitative estimate of drug-likeness (QED) is 0.407. The van der Waals surface area contributed by atoms with Crippen molar-refractivity contribution in [3.63, 3.8) is 0 Å². The maximum Gasteiger partial charge on any atom is 0.335 e. The van der Waals surface area contributed by atoms with Crippen LogP contribution in [-0.4, -0.2) is 8.42 Å². The summed E-state index contributed by atoms with van der Waals surface area (Å²) in [5, 5.41) is 0. The predicted octanol–water partition coefficient (Wildman–Crippen LogP) is -0.557. The Morgan fingerprint density at radius 1 is 1.25 bits per heavy atom. The van der Waals surface area contributed by atoms with Gasteiger partial charge in [-0.2, -0.15) is 21.9 Å². The van der Waals surface area contributed by atoms with Crippen LogP contribution in [0.15, 0.2) is 0 Å². The Balaban J connectivity index is 0. The van der Waals surface area contributed by atoms with Gasteiger partial charge in [-0.15, -0.1) is 0 Å². The van der Waals surface area contributed by atoms with Crippen molar-refractivity contribution < 1.29 is 8.42 Å². The first-order valence-corrected chi connectivity index (χ1v) is 1.00. The summed E-state index contributed by atoms with van der Waals surface area (Å²) in [5.41, 5.74) is 0. The Kier molecular flexibility index (Phi) is 24.3. The molecule has 4 heavy (non-hydrogen) atoms. The summed E-state index contributed by atoms with van der Waals surface area (Å²) in [5.74, 6) is 0. The Morgan fingerprint density at radius 2 is 1.25 bits per heavy atom. The highest BCUT2D eigenvalue weighted by molar-refractivity contribution is 7.59. The van der Waals surface area contributed by atoms with Crippen molar-refractivity contribution in [2.45, 2.75) is 0 Å². The minimum Gasteiger partial charge on any atom is -0.197 e. The average Bonchev–Trinajstić information content (AvgIpc) is 0.918. The lowest BCUT2D eigenvalue weighted by molar-refractivity contribution is 0.630. The smallest absolute Gasteiger partial charge is 0.197 e. The molecule has 2 nitrogen and oxygen atoms in total. The van der Waals surface area contributed by atoms with Crippen LogP contribution in [0.3, 0.4) is 0 Å². The lowest BCUT2D eigenvalue weighted by Crippen LogP contribution is -1.18. The Bertz CT molecular complexity index is 25.0. The molecule has 0 atom stereocenters. The number of hydrogen-bond acceptors (Lipinski definition) is 2. The van der Waals surface area contributed by atoms with Gasteiger partial charge >= 0.3 is 11.6 Å². The van der Waals surface area contributed by atoms with Gasteiger partial charge < -0.3 is 0 Å². The monoisotopic (exact) mass is 97.9 g/mol. The van der Waals surface area contributed by atoms with Crippen LogP contribution >= 0.6 is 13.5 Å². The first-order chi connectivity index (χ1) is 1.41. The largest absolute Gasteiger partial charge is 0.335 e. The van der Waals surface area contributed by atoms with Gasteiger partial charge in [0.25, 0.3) is 0 Å². The number of hydrogen-bond donors (Lipinski definition) is 0. The molecule has 0 amide bonds. The zero-order chi connectivity index (χ0) is 2.71. The molecule has 0 fully saturated rings. The van der Waals surface area contributed by atoms with E-state index < -0.39 is 11.6 Å². The molecule has 0 N–H and O–H groups in total. The van der Waals surface area contributed by atoms with Crippen LogP contribution in [0.5, 0.6) is 0 Å². The molecule has 0 saturated carbocycles. The summed E-state index contributed by atoms with van der Waals surface area (Å²) >= 11 is -0.750. The van der Waals surface area contributed by atoms with Crippen molar-refractivity contribution in [2.75, 3.05) is 0 Å². The van der Waals surface area contributed by atoms with E-state index in [2.05, 4.69) is 0 Å². The summed E-state index contributed by atoms with van der Waals surface area (Å²) in [4.78, 5) is 0. The van der Waals surface area contributed by atoms with E-state index in [1.165, 1.54) is 0 Å². The second-order valence-electron chi connectivity index (χ2n) is 0.0680. The zero-order valence-corrected chi connectivity index (χ0v) is 3.54. The number of rotatable bonds is 0.